The van der Waals surface area contributed by atoms with Crippen molar-refractivity contribution in [3.63, 3.8) is 0 Å². The fourth-order valence-electron chi connectivity index (χ4n) is 3.43. The van der Waals surface area contributed by atoms with Crippen molar-refractivity contribution in [3.8, 4) is 11.5 Å². The van der Waals surface area contributed by atoms with E-state index in [1.165, 1.54) is 6.20 Å². The first-order chi connectivity index (χ1) is 17.6. The summed E-state index contributed by atoms with van der Waals surface area (Å²) in [5, 5.41) is 5.62. The van der Waals surface area contributed by atoms with Crippen LogP contribution in [-0.2, 0) is 16.1 Å². The molecule has 0 aliphatic rings. The molecule has 2 amide bonds. The van der Waals surface area contributed by atoms with E-state index in [4.69, 9.17) is 9.47 Å². The van der Waals surface area contributed by atoms with Gasteiger partial charge in [-0.25, -0.2) is 0 Å². The zero-order valence-electron chi connectivity index (χ0n) is 19.9. The third kappa shape index (κ3) is 7.25. The van der Waals surface area contributed by atoms with Gasteiger partial charge >= 0.3 is 0 Å². The van der Waals surface area contributed by atoms with Gasteiger partial charge in [-0.1, -0.05) is 48.5 Å². The van der Waals surface area contributed by atoms with Gasteiger partial charge in [-0.15, -0.1) is 0 Å². The quantitative estimate of drug-likeness (QED) is 0.328. The van der Waals surface area contributed by atoms with E-state index in [1.807, 2.05) is 67.6 Å². The first-order valence-corrected chi connectivity index (χ1v) is 11.5. The number of amides is 2. The highest BCUT2D eigenvalue weighted by molar-refractivity contribution is 6.01. The molecule has 0 saturated carbocycles. The molecule has 1 atom stereocenters. The van der Waals surface area contributed by atoms with Crippen LogP contribution in [0, 0.1) is 6.92 Å². The molecule has 1 unspecified atom stereocenters. The van der Waals surface area contributed by atoms with Crippen LogP contribution in [0.3, 0.4) is 0 Å². The molecule has 3 aromatic carbocycles. The molecule has 4 rings (SSSR count). The number of carbonyl (C=O) groups is 2. The Morgan fingerprint density at radius 3 is 2.22 bits per heavy atom. The van der Waals surface area contributed by atoms with E-state index in [0.29, 0.717) is 23.6 Å². The largest absolute Gasteiger partial charge is 0.457 e. The van der Waals surface area contributed by atoms with Crippen molar-refractivity contribution in [3.05, 3.63) is 120 Å². The Morgan fingerprint density at radius 1 is 0.861 bits per heavy atom. The lowest BCUT2D eigenvalue weighted by molar-refractivity contribution is -0.119. The van der Waals surface area contributed by atoms with Gasteiger partial charge in [0.15, 0.2) is 0 Å². The predicted octanol–water partition coefficient (Wildman–Crippen LogP) is 5.14. The van der Waals surface area contributed by atoms with E-state index in [-0.39, 0.29) is 6.61 Å². The van der Waals surface area contributed by atoms with Crippen LogP contribution in [0.1, 0.15) is 21.5 Å². The molecule has 0 bridgehead atoms. The normalized spacial score (nSPS) is 11.4. The van der Waals surface area contributed by atoms with Crippen LogP contribution in [0.25, 0.3) is 0 Å². The Bertz CT molecular complexity index is 1280. The summed E-state index contributed by atoms with van der Waals surface area (Å²) >= 11 is 0. The molecule has 182 valence electrons. The van der Waals surface area contributed by atoms with E-state index in [1.54, 1.807) is 36.5 Å². The second kappa shape index (κ2) is 12.3. The number of benzene rings is 3. The summed E-state index contributed by atoms with van der Waals surface area (Å²) in [7, 11) is 0. The topological polar surface area (TPSA) is 89.5 Å². The molecular weight excluding hydrogens is 454 g/mol. The van der Waals surface area contributed by atoms with Crippen LogP contribution in [0.5, 0.6) is 11.5 Å². The summed E-state index contributed by atoms with van der Waals surface area (Å²) in [4.78, 5) is 30.0. The molecule has 2 N–H and O–H groups in total. The van der Waals surface area contributed by atoms with Crippen LogP contribution in [0.4, 0.5) is 5.69 Å². The average Bonchev–Trinajstić information content (AvgIpc) is 2.90. The number of nitrogens with one attached hydrogen (secondary N) is 2. The number of nitrogens with zero attached hydrogens (tertiary/aromatic N) is 1. The van der Waals surface area contributed by atoms with Gasteiger partial charge in [0.05, 0.1) is 18.8 Å². The molecule has 7 nitrogen and oxygen atoms in total. The van der Waals surface area contributed by atoms with Crippen molar-refractivity contribution in [1.29, 1.82) is 0 Å². The minimum atomic E-state index is -0.915. The second-order valence-electron chi connectivity index (χ2n) is 8.21. The SMILES string of the molecule is Cc1cncc(C(=O)NC(COCc2ccccc2)C(=O)Nc2ccc(Oc3ccccc3)cc2)c1. The van der Waals surface area contributed by atoms with Crippen molar-refractivity contribution in [2.45, 2.75) is 19.6 Å². The van der Waals surface area contributed by atoms with Crippen molar-refractivity contribution in [1.82, 2.24) is 10.3 Å². The molecule has 4 aromatic rings. The van der Waals surface area contributed by atoms with Crippen molar-refractivity contribution in [2.24, 2.45) is 0 Å². The number of rotatable bonds is 10. The van der Waals surface area contributed by atoms with Gasteiger partial charge in [-0.05, 0) is 60.5 Å². The fourth-order valence-corrected chi connectivity index (χ4v) is 3.43. The zero-order chi connectivity index (χ0) is 25.2. The van der Waals surface area contributed by atoms with E-state index in [0.717, 1.165) is 16.9 Å². The molecule has 0 saturated heterocycles. The fraction of sp³-hybridized carbons (Fsp3) is 0.138. The van der Waals surface area contributed by atoms with Crippen molar-refractivity contribution in [2.75, 3.05) is 11.9 Å². The number of pyridine rings is 1. The highest BCUT2D eigenvalue weighted by Crippen LogP contribution is 2.22. The van der Waals surface area contributed by atoms with E-state index < -0.39 is 17.9 Å². The van der Waals surface area contributed by atoms with Gasteiger partial charge in [-0.2, -0.15) is 0 Å². The molecular formula is C29H27N3O4. The third-order valence-electron chi connectivity index (χ3n) is 5.26. The van der Waals surface area contributed by atoms with Gasteiger partial charge in [0.2, 0.25) is 5.91 Å². The van der Waals surface area contributed by atoms with E-state index in [2.05, 4.69) is 15.6 Å². The Kier molecular flexibility index (Phi) is 8.40. The van der Waals surface area contributed by atoms with Crippen LogP contribution < -0.4 is 15.4 Å². The number of ether oxygens (including phenoxy) is 2. The second-order valence-corrected chi connectivity index (χ2v) is 8.21. The minimum absolute atomic E-state index is 0.000907. The number of para-hydroxylation sites is 1. The van der Waals surface area contributed by atoms with Crippen LogP contribution in [0.2, 0.25) is 0 Å². The molecule has 0 aliphatic heterocycles. The number of anilines is 1. The van der Waals surface area contributed by atoms with Crippen molar-refractivity contribution < 1.29 is 19.1 Å². The lowest BCUT2D eigenvalue weighted by Crippen LogP contribution is -2.46. The van der Waals surface area contributed by atoms with Crippen LogP contribution in [0.15, 0.2) is 103 Å². The summed E-state index contributed by atoms with van der Waals surface area (Å²) in [6.07, 6.45) is 3.13. The van der Waals surface area contributed by atoms with Gasteiger partial charge in [0.25, 0.3) is 5.91 Å². The maximum absolute atomic E-state index is 13.1. The van der Waals surface area contributed by atoms with Gasteiger partial charge in [0, 0.05) is 18.1 Å². The highest BCUT2D eigenvalue weighted by atomic mass is 16.5. The molecule has 7 heteroatoms. The zero-order valence-corrected chi connectivity index (χ0v) is 19.9. The molecule has 1 heterocycles. The monoisotopic (exact) mass is 481 g/mol. The highest BCUT2D eigenvalue weighted by Gasteiger charge is 2.22. The van der Waals surface area contributed by atoms with Gasteiger partial charge < -0.3 is 20.1 Å². The Labute approximate surface area is 210 Å². The van der Waals surface area contributed by atoms with E-state index in [9.17, 15) is 9.59 Å². The van der Waals surface area contributed by atoms with Gasteiger partial charge in [0.1, 0.15) is 17.5 Å². The number of hydrogen-bond acceptors (Lipinski definition) is 5. The minimum Gasteiger partial charge on any atom is -0.457 e. The molecule has 0 radical (unpaired) electrons. The van der Waals surface area contributed by atoms with Crippen LogP contribution >= 0.6 is 0 Å². The Hall–Kier alpha value is -4.49. The number of aryl methyl sites for hydroxylation is 1. The first-order valence-electron chi connectivity index (χ1n) is 11.5. The maximum Gasteiger partial charge on any atom is 0.253 e. The lowest BCUT2D eigenvalue weighted by atomic mass is 10.2. The summed E-state index contributed by atoms with van der Waals surface area (Å²) in [5.41, 5.74) is 2.76. The summed E-state index contributed by atoms with van der Waals surface area (Å²) < 4.78 is 11.6. The summed E-state index contributed by atoms with van der Waals surface area (Å²) in [6, 6.07) is 26.9. The van der Waals surface area contributed by atoms with E-state index >= 15 is 0 Å². The summed E-state index contributed by atoms with van der Waals surface area (Å²) in [5.74, 6) is 0.565. The summed E-state index contributed by atoms with van der Waals surface area (Å²) in [6.45, 7) is 2.17. The number of carbonyl (C=O) groups excluding carboxylic acids is 2. The predicted molar refractivity (Wildman–Crippen MR) is 138 cm³/mol. The molecule has 0 aliphatic carbocycles. The standard InChI is InChI=1S/C29H27N3O4/c1-21-16-23(18-30-17-21)28(33)32-27(20-35-19-22-8-4-2-5-9-22)29(34)31-24-12-14-26(15-13-24)36-25-10-6-3-7-11-25/h2-18,27H,19-20H2,1H3,(H,31,34)(H,32,33). The number of hydrogen-bond donors (Lipinski definition) is 2. The Balaban J connectivity index is 1.41. The van der Waals surface area contributed by atoms with Gasteiger partial charge in [-0.3, -0.25) is 14.6 Å². The maximum atomic E-state index is 13.1. The van der Waals surface area contributed by atoms with Crippen LogP contribution in [-0.4, -0.2) is 29.4 Å². The smallest absolute Gasteiger partial charge is 0.253 e. The average molecular weight is 482 g/mol. The molecule has 1 aromatic heterocycles. The van der Waals surface area contributed by atoms with Crippen molar-refractivity contribution >= 4 is 17.5 Å². The molecule has 0 spiro atoms. The first kappa shape index (κ1) is 24.6. The molecule has 36 heavy (non-hydrogen) atoms. The number of aromatic nitrogens is 1. The third-order valence-corrected chi connectivity index (χ3v) is 5.26. The lowest BCUT2D eigenvalue weighted by Gasteiger charge is -2.19. The molecule has 0 fully saturated rings. The Morgan fingerprint density at radius 2 is 1.53 bits per heavy atom.